The Morgan fingerprint density at radius 3 is 2.84 bits per heavy atom. The van der Waals surface area contributed by atoms with Gasteiger partial charge in [-0.3, -0.25) is 4.90 Å². The van der Waals surface area contributed by atoms with Gasteiger partial charge in [0.15, 0.2) is 0 Å². The molecule has 0 aliphatic carbocycles. The van der Waals surface area contributed by atoms with Gasteiger partial charge in [-0.25, -0.2) is 0 Å². The molecule has 1 unspecified atom stereocenters. The van der Waals surface area contributed by atoms with Gasteiger partial charge in [0, 0.05) is 6.04 Å². The highest BCUT2D eigenvalue weighted by Gasteiger charge is 2.15. The van der Waals surface area contributed by atoms with Gasteiger partial charge in [-0.15, -0.1) is 0 Å². The molecule has 0 radical (unpaired) electrons. The minimum atomic E-state index is 0.501. The quantitative estimate of drug-likeness (QED) is 0.883. The average Bonchev–Trinajstić information content (AvgIpc) is 2.71. The van der Waals surface area contributed by atoms with Crippen molar-refractivity contribution in [1.29, 1.82) is 0 Å². The molecule has 1 atom stereocenters. The standard InChI is InChI=1S/C16H28N2O/c1-13(2)17-11-15-6-7-16(19-15)12-18-9-4-5-14(3)8-10-18/h6-7,13-14,17H,4-5,8-12H2,1-3H3. The van der Waals surface area contributed by atoms with Crippen molar-refractivity contribution in [3.63, 3.8) is 0 Å². The highest BCUT2D eigenvalue weighted by molar-refractivity contribution is 5.07. The van der Waals surface area contributed by atoms with Crippen LogP contribution in [0.5, 0.6) is 0 Å². The van der Waals surface area contributed by atoms with Crippen molar-refractivity contribution in [2.24, 2.45) is 5.92 Å². The van der Waals surface area contributed by atoms with Gasteiger partial charge in [0.25, 0.3) is 0 Å². The topological polar surface area (TPSA) is 28.4 Å². The Morgan fingerprint density at radius 1 is 1.26 bits per heavy atom. The van der Waals surface area contributed by atoms with Gasteiger partial charge >= 0.3 is 0 Å². The minimum absolute atomic E-state index is 0.501. The van der Waals surface area contributed by atoms with E-state index in [1.54, 1.807) is 0 Å². The van der Waals surface area contributed by atoms with Crippen LogP contribution in [0, 0.1) is 5.92 Å². The lowest BCUT2D eigenvalue weighted by Crippen LogP contribution is -2.24. The molecule has 0 amide bonds. The van der Waals surface area contributed by atoms with Crippen LogP contribution in [0.3, 0.4) is 0 Å². The fourth-order valence-corrected chi connectivity index (χ4v) is 2.61. The van der Waals surface area contributed by atoms with E-state index < -0.39 is 0 Å². The average molecular weight is 264 g/mol. The Balaban J connectivity index is 1.82. The lowest BCUT2D eigenvalue weighted by molar-refractivity contribution is 0.247. The molecule has 1 aromatic heterocycles. The summed E-state index contributed by atoms with van der Waals surface area (Å²) in [5.74, 6) is 3.04. The van der Waals surface area contributed by atoms with E-state index in [-0.39, 0.29) is 0 Å². The molecule has 108 valence electrons. The Labute approximate surface area is 117 Å². The Morgan fingerprint density at radius 2 is 2.05 bits per heavy atom. The van der Waals surface area contributed by atoms with Crippen LogP contribution < -0.4 is 5.32 Å². The zero-order chi connectivity index (χ0) is 13.7. The first-order chi connectivity index (χ1) is 9.13. The van der Waals surface area contributed by atoms with Crippen molar-refractivity contribution >= 4 is 0 Å². The summed E-state index contributed by atoms with van der Waals surface area (Å²) in [5, 5.41) is 3.39. The third-order valence-corrected chi connectivity index (χ3v) is 3.89. The molecule has 1 N–H and O–H groups in total. The number of furan rings is 1. The second-order valence-electron chi connectivity index (χ2n) is 6.22. The molecule has 1 aliphatic rings. The third kappa shape index (κ3) is 5.00. The molecule has 1 aromatic rings. The van der Waals surface area contributed by atoms with Crippen LogP contribution in [0.2, 0.25) is 0 Å². The number of rotatable bonds is 5. The first kappa shape index (κ1) is 14.6. The molecule has 19 heavy (non-hydrogen) atoms. The van der Waals surface area contributed by atoms with Crippen LogP contribution in [0.15, 0.2) is 16.5 Å². The molecule has 0 bridgehead atoms. The predicted octanol–water partition coefficient (Wildman–Crippen LogP) is 3.40. The maximum Gasteiger partial charge on any atom is 0.118 e. The van der Waals surface area contributed by atoms with Crippen molar-refractivity contribution in [2.75, 3.05) is 13.1 Å². The Bertz CT molecular complexity index is 373. The first-order valence-electron chi connectivity index (χ1n) is 7.67. The molecule has 3 nitrogen and oxygen atoms in total. The molecule has 1 aliphatic heterocycles. The van der Waals surface area contributed by atoms with E-state index in [4.69, 9.17) is 4.42 Å². The largest absolute Gasteiger partial charge is 0.463 e. The maximum atomic E-state index is 5.90. The molecule has 2 rings (SSSR count). The molecule has 3 heteroatoms. The molecule has 2 heterocycles. The number of nitrogens with one attached hydrogen (secondary N) is 1. The maximum absolute atomic E-state index is 5.90. The number of likely N-dealkylation sites (tertiary alicyclic amines) is 1. The molecule has 0 saturated carbocycles. The van der Waals surface area contributed by atoms with Crippen molar-refractivity contribution in [3.05, 3.63) is 23.7 Å². The minimum Gasteiger partial charge on any atom is -0.463 e. The van der Waals surface area contributed by atoms with Crippen LogP contribution in [0.4, 0.5) is 0 Å². The first-order valence-corrected chi connectivity index (χ1v) is 7.67. The van der Waals surface area contributed by atoms with Crippen LogP contribution in [0.25, 0.3) is 0 Å². The molecule has 1 fully saturated rings. The van der Waals surface area contributed by atoms with Crippen LogP contribution >= 0.6 is 0 Å². The van der Waals surface area contributed by atoms with E-state index >= 15 is 0 Å². The van der Waals surface area contributed by atoms with Crippen molar-refractivity contribution in [1.82, 2.24) is 10.2 Å². The fraction of sp³-hybridized carbons (Fsp3) is 0.750. The normalized spacial score (nSPS) is 21.8. The SMILES string of the molecule is CC1CCCN(Cc2ccc(CNC(C)C)o2)CC1. The summed E-state index contributed by atoms with van der Waals surface area (Å²) in [7, 11) is 0. The van der Waals surface area contributed by atoms with Crippen LogP contribution in [0.1, 0.15) is 51.6 Å². The van der Waals surface area contributed by atoms with Crippen molar-refractivity contribution < 1.29 is 4.42 Å². The summed E-state index contributed by atoms with van der Waals surface area (Å²) >= 11 is 0. The fourth-order valence-electron chi connectivity index (χ4n) is 2.61. The lowest BCUT2D eigenvalue weighted by atomic mass is 10.0. The molecular formula is C16H28N2O. The molecule has 0 aromatic carbocycles. The second kappa shape index (κ2) is 7.11. The van der Waals surface area contributed by atoms with Crippen molar-refractivity contribution in [2.45, 2.75) is 59.2 Å². The molecular weight excluding hydrogens is 236 g/mol. The molecule has 0 spiro atoms. The lowest BCUT2D eigenvalue weighted by Gasteiger charge is -2.18. The predicted molar refractivity (Wildman–Crippen MR) is 79.0 cm³/mol. The number of hydrogen-bond donors (Lipinski definition) is 1. The van der Waals surface area contributed by atoms with E-state index in [1.807, 2.05) is 0 Å². The van der Waals surface area contributed by atoms with Gasteiger partial charge in [0.2, 0.25) is 0 Å². The van der Waals surface area contributed by atoms with E-state index in [1.165, 1.54) is 32.4 Å². The summed E-state index contributed by atoms with van der Waals surface area (Å²) in [6.07, 6.45) is 4.02. The van der Waals surface area contributed by atoms with Gasteiger partial charge in [-0.1, -0.05) is 20.8 Å². The van der Waals surface area contributed by atoms with Gasteiger partial charge in [-0.2, -0.15) is 0 Å². The Kier molecular flexibility index (Phi) is 5.46. The van der Waals surface area contributed by atoms with Gasteiger partial charge in [0.05, 0.1) is 13.1 Å². The third-order valence-electron chi connectivity index (χ3n) is 3.89. The zero-order valence-corrected chi connectivity index (χ0v) is 12.6. The highest BCUT2D eigenvalue weighted by Crippen LogP contribution is 2.19. The summed E-state index contributed by atoms with van der Waals surface area (Å²) in [6, 6.07) is 4.73. The van der Waals surface area contributed by atoms with Gasteiger partial charge in [0.1, 0.15) is 11.5 Å². The monoisotopic (exact) mass is 264 g/mol. The zero-order valence-electron chi connectivity index (χ0n) is 12.6. The van der Waals surface area contributed by atoms with E-state index in [9.17, 15) is 0 Å². The highest BCUT2D eigenvalue weighted by atomic mass is 16.3. The smallest absolute Gasteiger partial charge is 0.118 e. The van der Waals surface area contributed by atoms with Crippen LogP contribution in [-0.2, 0) is 13.1 Å². The van der Waals surface area contributed by atoms with E-state index in [0.29, 0.717) is 6.04 Å². The summed E-state index contributed by atoms with van der Waals surface area (Å²) in [5.41, 5.74) is 0. The van der Waals surface area contributed by atoms with Gasteiger partial charge < -0.3 is 9.73 Å². The number of nitrogens with zero attached hydrogens (tertiary/aromatic N) is 1. The summed E-state index contributed by atoms with van der Waals surface area (Å²) in [6.45, 7) is 10.9. The van der Waals surface area contributed by atoms with E-state index in [2.05, 4.69) is 43.1 Å². The second-order valence-corrected chi connectivity index (χ2v) is 6.22. The number of hydrogen-bond acceptors (Lipinski definition) is 3. The summed E-state index contributed by atoms with van der Waals surface area (Å²) < 4.78 is 5.90. The van der Waals surface area contributed by atoms with E-state index in [0.717, 1.165) is 30.5 Å². The molecule has 1 saturated heterocycles. The Hall–Kier alpha value is -0.800. The van der Waals surface area contributed by atoms with Gasteiger partial charge in [-0.05, 0) is 50.4 Å². The summed E-state index contributed by atoms with van der Waals surface area (Å²) in [4.78, 5) is 2.53. The van der Waals surface area contributed by atoms with Crippen molar-refractivity contribution in [3.8, 4) is 0 Å². The van der Waals surface area contributed by atoms with Crippen LogP contribution in [-0.4, -0.2) is 24.0 Å².